The Balaban J connectivity index is 2.15. The van der Waals surface area contributed by atoms with Crippen LogP contribution >= 0.6 is 0 Å². The molecule has 0 heterocycles. The van der Waals surface area contributed by atoms with E-state index in [2.05, 4.69) is 5.32 Å². The average molecular weight is 302 g/mol. The van der Waals surface area contributed by atoms with Gasteiger partial charge in [0.05, 0.1) is 0 Å². The van der Waals surface area contributed by atoms with Gasteiger partial charge in [0.25, 0.3) is 5.91 Å². The molecule has 0 aliphatic heterocycles. The first-order valence-corrected chi connectivity index (χ1v) is 7.57. The maximum Gasteiger partial charge on any atom is 0.251 e. The Bertz CT molecular complexity index is 590. The van der Waals surface area contributed by atoms with Gasteiger partial charge < -0.3 is 11.1 Å². The SMILES string of the molecule is Cc1cc(C)cc(C(=O)N[C@H](C(N)=O)[C@@H]2CCCC(=O)C2)c1. The van der Waals surface area contributed by atoms with Crippen LogP contribution in [0.5, 0.6) is 0 Å². The number of hydrogen-bond acceptors (Lipinski definition) is 3. The molecule has 118 valence electrons. The minimum atomic E-state index is -0.794. The molecule has 1 aromatic rings. The van der Waals surface area contributed by atoms with E-state index in [0.717, 1.165) is 24.0 Å². The van der Waals surface area contributed by atoms with Gasteiger partial charge >= 0.3 is 0 Å². The molecule has 0 saturated heterocycles. The molecule has 2 atom stereocenters. The summed E-state index contributed by atoms with van der Waals surface area (Å²) in [7, 11) is 0. The third-order valence-electron chi connectivity index (χ3n) is 4.07. The molecule has 5 nitrogen and oxygen atoms in total. The van der Waals surface area contributed by atoms with Crippen molar-refractivity contribution in [1.29, 1.82) is 0 Å². The summed E-state index contributed by atoms with van der Waals surface area (Å²) < 4.78 is 0. The number of ketones is 1. The molecule has 1 fully saturated rings. The van der Waals surface area contributed by atoms with E-state index in [-0.39, 0.29) is 17.6 Å². The largest absolute Gasteiger partial charge is 0.368 e. The lowest BCUT2D eigenvalue weighted by atomic mass is 9.82. The number of nitrogens with two attached hydrogens (primary N) is 1. The van der Waals surface area contributed by atoms with Crippen molar-refractivity contribution in [2.75, 3.05) is 0 Å². The van der Waals surface area contributed by atoms with E-state index in [1.54, 1.807) is 12.1 Å². The van der Waals surface area contributed by atoms with Crippen molar-refractivity contribution >= 4 is 17.6 Å². The maximum absolute atomic E-state index is 12.4. The average Bonchev–Trinajstić information content (AvgIpc) is 2.43. The maximum atomic E-state index is 12.4. The normalized spacial score (nSPS) is 19.5. The van der Waals surface area contributed by atoms with Crippen LogP contribution in [-0.4, -0.2) is 23.6 Å². The molecule has 2 rings (SSSR count). The third-order valence-corrected chi connectivity index (χ3v) is 4.07. The lowest BCUT2D eigenvalue weighted by molar-refractivity contribution is -0.124. The number of carbonyl (C=O) groups is 3. The quantitative estimate of drug-likeness (QED) is 0.886. The van der Waals surface area contributed by atoms with Crippen molar-refractivity contribution in [2.45, 2.75) is 45.6 Å². The summed E-state index contributed by atoms with van der Waals surface area (Å²) in [6.45, 7) is 3.82. The van der Waals surface area contributed by atoms with Gasteiger partial charge in [-0.2, -0.15) is 0 Å². The van der Waals surface area contributed by atoms with Gasteiger partial charge in [0.1, 0.15) is 11.8 Å². The number of benzene rings is 1. The second-order valence-electron chi connectivity index (χ2n) is 6.12. The first kappa shape index (κ1) is 16.2. The zero-order valence-corrected chi connectivity index (χ0v) is 13.0. The number of aryl methyl sites for hydroxylation is 2. The molecule has 5 heteroatoms. The summed E-state index contributed by atoms with van der Waals surface area (Å²) in [4.78, 5) is 35.7. The van der Waals surface area contributed by atoms with Gasteiger partial charge in [-0.1, -0.05) is 17.2 Å². The van der Waals surface area contributed by atoms with Crippen molar-refractivity contribution < 1.29 is 14.4 Å². The summed E-state index contributed by atoms with van der Waals surface area (Å²) in [5, 5.41) is 2.71. The van der Waals surface area contributed by atoms with Crippen molar-refractivity contribution in [3.8, 4) is 0 Å². The highest BCUT2D eigenvalue weighted by Gasteiger charge is 2.32. The lowest BCUT2D eigenvalue weighted by Crippen LogP contribution is -2.50. The smallest absolute Gasteiger partial charge is 0.251 e. The molecular weight excluding hydrogens is 280 g/mol. The number of nitrogens with one attached hydrogen (secondary N) is 1. The van der Waals surface area contributed by atoms with Gasteiger partial charge in [0, 0.05) is 18.4 Å². The molecule has 1 aliphatic carbocycles. The fraction of sp³-hybridized carbons (Fsp3) is 0.471. The minimum Gasteiger partial charge on any atom is -0.368 e. The van der Waals surface area contributed by atoms with Crippen molar-refractivity contribution in [1.82, 2.24) is 5.32 Å². The molecule has 0 bridgehead atoms. The van der Waals surface area contributed by atoms with E-state index >= 15 is 0 Å². The van der Waals surface area contributed by atoms with Crippen LogP contribution in [0.15, 0.2) is 18.2 Å². The minimum absolute atomic E-state index is 0.128. The van der Waals surface area contributed by atoms with Crippen LogP contribution in [0.4, 0.5) is 0 Å². The van der Waals surface area contributed by atoms with Crippen LogP contribution in [0.1, 0.15) is 47.2 Å². The highest BCUT2D eigenvalue weighted by molar-refractivity contribution is 5.98. The van der Waals surface area contributed by atoms with Crippen molar-refractivity contribution in [3.63, 3.8) is 0 Å². The van der Waals surface area contributed by atoms with Crippen LogP contribution in [0, 0.1) is 19.8 Å². The van der Waals surface area contributed by atoms with Crippen LogP contribution in [-0.2, 0) is 9.59 Å². The van der Waals surface area contributed by atoms with E-state index in [1.165, 1.54) is 0 Å². The molecule has 1 saturated carbocycles. The van der Waals surface area contributed by atoms with E-state index in [0.29, 0.717) is 18.4 Å². The Morgan fingerprint density at radius 3 is 2.41 bits per heavy atom. The fourth-order valence-corrected chi connectivity index (χ4v) is 3.09. The highest BCUT2D eigenvalue weighted by Crippen LogP contribution is 2.24. The predicted octanol–water partition coefficient (Wildman–Crippen LogP) is 1.65. The Kier molecular flexibility index (Phi) is 4.96. The van der Waals surface area contributed by atoms with Gasteiger partial charge in [0.15, 0.2) is 0 Å². The predicted molar refractivity (Wildman–Crippen MR) is 83.3 cm³/mol. The topological polar surface area (TPSA) is 89.3 Å². The standard InChI is InChI=1S/C17H22N2O3/c1-10-6-11(2)8-13(7-10)17(22)19-15(16(18)21)12-4-3-5-14(20)9-12/h6-8,12,15H,3-5,9H2,1-2H3,(H2,18,21)(H,19,22)/t12-,15+/m1/s1. The summed E-state index contributed by atoms with van der Waals surface area (Å²) in [6, 6.07) is 4.72. The number of Topliss-reactive ketones (excluding diaryl/α,β-unsaturated/α-hetero) is 1. The first-order chi connectivity index (χ1) is 10.4. The Labute approximate surface area is 130 Å². The first-order valence-electron chi connectivity index (χ1n) is 7.57. The van der Waals surface area contributed by atoms with Crippen LogP contribution in [0.25, 0.3) is 0 Å². The summed E-state index contributed by atoms with van der Waals surface area (Å²) in [5.74, 6) is -0.984. The fourth-order valence-electron chi connectivity index (χ4n) is 3.09. The molecular formula is C17H22N2O3. The molecule has 1 aliphatic rings. The van der Waals surface area contributed by atoms with Crippen molar-refractivity contribution in [2.24, 2.45) is 11.7 Å². The van der Waals surface area contributed by atoms with Crippen LogP contribution < -0.4 is 11.1 Å². The summed E-state index contributed by atoms with van der Waals surface area (Å²) >= 11 is 0. The van der Waals surface area contributed by atoms with Crippen molar-refractivity contribution in [3.05, 3.63) is 34.9 Å². The second kappa shape index (κ2) is 6.73. The summed E-state index contributed by atoms with van der Waals surface area (Å²) in [6.07, 6.45) is 2.33. The molecule has 0 unspecified atom stereocenters. The number of amides is 2. The second-order valence-corrected chi connectivity index (χ2v) is 6.12. The Morgan fingerprint density at radius 2 is 1.86 bits per heavy atom. The zero-order chi connectivity index (χ0) is 16.3. The van der Waals surface area contributed by atoms with Gasteiger partial charge in [-0.05, 0) is 44.7 Å². The third kappa shape index (κ3) is 3.93. The molecule has 3 N–H and O–H groups in total. The van der Waals surface area contributed by atoms with Crippen LogP contribution in [0.2, 0.25) is 0 Å². The monoisotopic (exact) mass is 302 g/mol. The Hall–Kier alpha value is -2.17. The van der Waals surface area contributed by atoms with Crippen LogP contribution in [0.3, 0.4) is 0 Å². The summed E-state index contributed by atoms with van der Waals surface area (Å²) in [5.41, 5.74) is 7.90. The molecule has 2 amide bonds. The number of carbonyl (C=O) groups excluding carboxylic acids is 3. The lowest BCUT2D eigenvalue weighted by Gasteiger charge is -2.28. The van der Waals surface area contributed by atoms with Gasteiger partial charge in [-0.3, -0.25) is 14.4 Å². The number of hydrogen-bond donors (Lipinski definition) is 2. The Morgan fingerprint density at radius 1 is 1.23 bits per heavy atom. The number of rotatable bonds is 4. The van der Waals surface area contributed by atoms with Gasteiger partial charge in [-0.15, -0.1) is 0 Å². The van der Waals surface area contributed by atoms with E-state index in [1.807, 2.05) is 19.9 Å². The molecule has 0 aromatic heterocycles. The van der Waals surface area contributed by atoms with E-state index in [9.17, 15) is 14.4 Å². The van der Waals surface area contributed by atoms with Gasteiger partial charge in [-0.25, -0.2) is 0 Å². The van der Waals surface area contributed by atoms with E-state index < -0.39 is 11.9 Å². The van der Waals surface area contributed by atoms with E-state index in [4.69, 9.17) is 5.73 Å². The highest BCUT2D eigenvalue weighted by atomic mass is 16.2. The number of primary amides is 1. The molecule has 22 heavy (non-hydrogen) atoms. The molecule has 0 spiro atoms. The molecule has 1 aromatic carbocycles. The zero-order valence-electron chi connectivity index (χ0n) is 13.0. The molecule has 0 radical (unpaired) electrons. The van der Waals surface area contributed by atoms with Gasteiger partial charge in [0.2, 0.25) is 5.91 Å².